The zero-order chi connectivity index (χ0) is 14.2. The summed E-state index contributed by atoms with van der Waals surface area (Å²) in [6, 6.07) is 9.28. The Morgan fingerprint density at radius 1 is 1.05 bits per heavy atom. The van der Waals surface area contributed by atoms with Crippen LogP contribution in [-0.4, -0.2) is 6.54 Å². The highest BCUT2D eigenvalue weighted by atomic mass is 32.1. The minimum Gasteiger partial charge on any atom is -0.309 e. The summed E-state index contributed by atoms with van der Waals surface area (Å²) in [5, 5.41) is 8.10. The molecule has 3 heteroatoms. The maximum Gasteiger partial charge on any atom is 0.0463 e. The molecule has 0 aliphatic carbocycles. The van der Waals surface area contributed by atoms with Crippen LogP contribution >= 0.6 is 22.7 Å². The number of rotatable bonds is 9. The number of nitrogens with one attached hydrogen (secondary N) is 1. The Kier molecular flexibility index (Phi) is 6.77. The molecule has 2 aromatic rings. The van der Waals surface area contributed by atoms with Crippen LogP contribution in [0.3, 0.4) is 0 Å². The fraction of sp³-hybridized carbons (Fsp3) is 0.529. The minimum atomic E-state index is 0.479. The van der Waals surface area contributed by atoms with Crippen LogP contribution in [0.1, 0.15) is 48.9 Å². The van der Waals surface area contributed by atoms with E-state index in [0.29, 0.717) is 6.04 Å². The highest BCUT2D eigenvalue weighted by Gasteiger charge is 2.13. The summed E-state index contributed by atoms with van der Waals surface area (Å²) in [5.41, 5.74) is 0. The van der Waals surface area contributed by atoms with Crippen LogP contribution in [0.4, 0.5) is 0 Å². The van der Waals surface area contributed by atoms with Gasteiger partial charge in [0.15, 0.2) is 0 Å². The SMILES string of the molecule is CC(C)CCCCNC(Cc1cccs1)c1cccs1. The van der Waals surface area contributed by atoms with E-state index in [1.807, 2.05) is 22.7 Å². The summed E-state index contributed by atoms with van der Waals surface area (Å²) in [5.74, 6) is 0.828. The first-order valence-corrected chi connectivity index (χ1v) is 9.31. The molecule has 0 radical (unpaired) electrons. The van der Waals surface area contributed by atoms with Crippen LogP contribution in [0.25, 0.3) is 0 Å². The second-order valence-corrected chi connectivity index (χ2v) is 7.71. The monoisotopic (exact) mass is 307 g/mol. The van der Waals surface area contributed by atoms with Gasteiger partial charge in [-0.2, -0.15) is 0 Å². The summed E-state index contributed by atoms with van der Waals surface area (Å²) in [4.78, 5) is 2.93. The van der Waals surface area contributed by atoms with E-state index in [0.717, 1.165) is 18.9 Å². The van der Waals surface area contributed by atoms with Gasteiger partial charge in [0.1, 0.15) is 0 Å². The van der Waals surface area contributed by atoms with Crippen LogP contribution in [0, 0.1) is 5.92 Å². The van der Waals surface area contributed by atoms with Crippen molar-refractivity contribution in [2.45, 2.75) is 45.6 Å². The highest BCUT2D eigenvalue weighted by Crippen LogP contribution is 2.25. The molecule has 0 spiro atoms. The number of thiophene rings is 2. The Morgan fingerprint density at radius 2 is 1.85 bits per heavy atom. The van der Waals surface area contributed by atoms with Gasteiger partial charge in [-0.25, -0.2) is 0 Å². The highest BCUT2D eigenvalue weighted by molar-refractivity contribution is 7.10. The third kappa shape index (κ3) is 5.39. The van der Waals surface area contributed by atoms with Crippen molar-refractivity contribution >= 4 is 22.7 Å². The van der Waals surface area contributed by atoms with Gasteiger partial charge in [0.05, 0.1) is 0 Å². The summed E-state index contributed by atoms with van der Waals surface area (Å²) in [6.45, 7) is 5.73. The van der Waals surface area contributed by atoms with Crippen molar-refractivity contribution in [2.24, 2.45) is 5.92 Å². The molecular formula is C17H25NS2. The molecule has 2 aromatic heterocycles. The maximum absolute atomic E-state index is 3.75. The maximum atomic E-state index is 3.75. The van der Waals surface area contributed by atoms with Crippen LogP contribution in [0.2, 0.25) is 0 Å². The quantitative estimate of drug-likeness (QED) is 0.602. The largest absolute Gasteiger partial charge is 0.309 e. The Balaban J connectivity index is 1.81. The lowest BCUT2D eigenvalue weighted by molar-refractivity contribution is 0.486. The lowest BCUT2D eigenvalue weighted by atomic mass is 10.1. The van der Waals surface area contributed by atoms with Crippen molar-refractivity contribution in [3.05, 3.63) is 44.8 Å². The van der Waals surface area contributed by atoms with Crippen molar-refractivity contribution in [3.63, 3.8) is 0 Å². The smallest absolute Gasteiger partial charge is 0.0463 e. The summed E-state index contributed by atoms with van der Waals surface area (Å²) in [7, 11) is 0. The van der Waals surface area contributed by atoms with Crippen molar-refractivity contribution in [3.8, 4) is 0 Å². The number of unbranched alkanes of at least 4 members (excludes halogenated alkanes) is 1. The van der Waals surface area contributed by atoms with Gasteiger partial charge in [0, 0.05) is 22.2 Å². The van der Waals surface area contributed by atoms with E-state index in [1.165, 1.54) is 29.0 Å². The molecule has 0 fully saturated rings. The average Bonchev–Trinajstić information content (AvgIpc) is 3.09. The molecule has 1 unspecified atom stereocenters. The van der Waals surface area contributed by atoms with Crippen molar-refractivity contribution < 1.29 is 0 Å². The fourth-order valence-corrected chi connectivity index (χ4v) is 3.90. The van der Waals surface area contributed by atoms with Crippen LogP contribution in [0.5, 0.6) is 0 Å². The average molecular weight is 308 g/mol. The number of hydrogen-bond acceptors (Lipinski definition) is 3. The van der Waals surface area contributed by atoms with Crippen molar-refractivity contribution in [1.29, 1.82) is 0 Å². The third-order valence-electron chi connectivity index (χ3n) is 3.47. The summed E-state index contributed by atoms with van der Waals surface area (Å²) >= 11 is 3.72. The Hall–Kier alpha value is -0.640. The van der Waals surface area contributed by atoms with Crippen LogP contribution < -0.4 is 5.32 Å². The minimum absolute atomic E-state index is 0.479. The van der Waals surface area contributed by atoms with Gasteiger partial charge in [-0.15, -0.1) is 22.7 Å². The lowest BCUT2D eigenvalue weighted by Crippen LogP contribution is -2.23. The first kappa shape index (κ1) is 15.7. The molecule has 0 bridgehead atoms. The molecule has 2 rings (SSSR count). The molecule has 0 aliphatic rings. The zero-order valence-electron chi connectivity index (χ0n) is 12.5. The molecular weight excluding hydrogens is 282 g/mol. The first-order valence-electron chi connectivity index (χ1n) is 7.55. The van der Waals surface area contributed by atoms with Gasteiger partial charge in [0.25, 0.3) is 0 Å². The third-order valence-corrected chi connectivity index (χ3v) is 5.36. The van der Waals surface area contributed by atoms with Crippen LogP contribution in [-0.2, 0) is 6.42 Å². The zero-order valence-corrected chi connectivity index (χ0v) is 14.1. The van der Waals surface area contributed by atoms with E-state index >= 15 is 0 Å². The molecule has 2 heterocycles. The normalized spacial score (nSPS) is 12.9. The van der Waals surface area contributed by atoms with E-state index in [2.05, 4.69) is 54.2 Å². The first-order chi connectivity index (χ1) is 9.75. The molecule has 0 saturated carbocycles. The van der Waals surface area contributed by atoms with E-state index in [1.54, 1.807) is 0 Å². The summed E-state index contributed by atoms with van der Waals surface area (Å²) in [6.07, 6.45) is 5.07. The molecule has 1 atom stereocenters. The lowest BCUT2D eigenvalue weighted by Gasteiger charge is -2.17. The molecule has 110 valence electrons. The fourth-order valence-electron chi connectivity index (χ4n) is 2.35. The molecule has 20 heavy (non-hydrogen) atoms. The van der Waals surface area contributed by atoms with Crippen LogP contribution in [0.15, 0.2) is 35.0 Å². The Labute approximate surface area is 131 Å². The van der Waals surface area contributed by atoms with E-state index in [-0.39, 0.29) is 0 Å². The predicted molar refractivity (Wildman–Crippen MR) is 91.8 cm³/mol. The summed E-state index contributed by atoms with van der Waals surface area (Å²) < 4.78 is 0. The second-order valence-electron chi connectivity index (χ2n) is 5.70. The Morgan fingerprint density at radius 3 is 2.50 bits per heavy atom. The molecule has 1 nitrogen and oxygen atoms in total. The van der Waals surface area contributed by atoms with Crippen molar-refractivity contribution in [1.82, 2.24) is 5.32 Å². The molecule has 0 saturated heterocycles. The van der Waals surface area contributed by atoms with Gasteiger partial charge in [0.2, 0.25) is 0 Å². The van der Waals surface area contributed by atoms with E-state index in [4.69, 9.17) is 0 Å². The Bertz CT molecular complexity index is 445. The van der Waals surface area contributed by atoms with E-state index < -0.39 is 0 Å². The molecule has 1 N–H and O–H groups in total. The van der Waals surface area contributed by atoms with Crippen molar-refractivity contribution in [2.75, 3.05) is 6.54 Å². The number of hydrogen-bond donors (Lipinski definition) is 1. The van der Waals surface area contributed by atoms with Gasteiger partial charge in [-0.1, -0.05) is 38.8 Å². The second kappa shape index (κ2) is 8.60. The molecule has 0 aliphatic heterocycles. The van der Waals surface area contributed by atoms with Gasteiger partial charge >= 0.3 is 0 Å². The molecule has 0 aromatic carbocycles. The standard InChI is InChI=1S/C17H25NS2/c1-14(2)7-3-4-10-18-16(17-9-6-12-20-17)13-15-8-5-11-19-15/h5-6,8-9,11-12,14,16,18H,3-4,7,10,13H2,1-2H3. The van der Waals surface area contributed by atoms with Gasteiger partial charge in [-0.05, 0) is 41.8 Å². The predicted octanol–water partition coefficient (Wildman–Crippen LogP) is 5.51. The van der Waals surface area contributed by atoms with Gasteiger partial charge in [-0.3, -0.25) is 0 Å². The van der Waals surface area contributed by atoms with E-state index in [9.17, 15) is 0 Å². The topological polar surface area (TPSA) is 12.0 Å². The molecule has 0 amide bonds. The van der Waals surface area contributed by atoms with Gasteiger partial charge < -0.3 is 5.32 Å².